The molecule has 25 heavy (non-hydrogen) atoms. The van der Waals surface area contributed by atoms with E-state index in [0.29, 0.717) is 12.2 Å². The van der Waals surface area contributed by atoms with Crippen LogP contribution in [0.25, 0.3) is 11.1 Å². The van der Waals surface area contributed by atoms with Gasteiger partial charge >= 0.3 is 0 Å². The smallest absolute Gasteiger partial charge is 0.235 e. The third-order valence-corrected chi connectivity index (χ3v) is 6.05. The minimum atomic E-state index is -3.25. The van der Waals surface area contributed by atoms with E-state index < -0.39 is 10.0 Å². The molecular weight excluding hydrogens is 336 g/mol. The molecule has 0 spiro atoms. The fourth-order valence-corrected chi connectivity index (χ4v) is 4.11. The first-order chi connectivity index (χ1) is 12.0. The average molecular weight is 360 g/mol. The van der Waals surface area contributed by atoms with Crippen LogP contribution in [0.4, 0.5) is 5.69 Å². The molecule has 134 valence electrons. The van der Waals surface area contributed by atoms with E-state index in [1.807, 2.05) is 31.4 Å². The van der Waals surface area contributed by atoms with Gasteiger partial charge in [-0.1, -0.05) is 12.1 Å². The molecule has 3 N–H and O–H groups in total. The molecule has 1 aromatic heterocycles. The lowest BCUT2D eigenvalue weighted by Gasteiger charge is -2.15. The molecule has 1 heterocycles. The quantitative estimate of drug-likeness (QED) is 0.752. The fraction of sp³-hybridized carbons (Fsp3) is 0.389. The first-order valence-corrected chi connectivity index (χ1v) is 9.97. The number of nitrogens with zero attached hydrogens (tertiary/aromatic N) is 2. The van der Waals surface area contributed by atoms with E-state index in [4.69, 9.17) is 5.73 Å². The summed E-state index contributed by atoms with van der Waals surface area (Å²) in [4.78, 5) is 6.46. The Bertz CT molecular complexity index is 834. The van der Waals surface area contributed by atoms with Gasteiger partial charge in [0, 0.05) is 43.3 Å². The summed E-state index contributed by atoms with van der Waals surface area (Å²) in [6.07, 6.45) is 5.13. The summed E-state index contributed by atoms with van der Waals surface area (Å²) in [5, 5.41) is -0.237. The number of hydrogen-bond donors (Lipinski definition) is 2. The topological polar surface area (TPSA) is 88.3 Å². The Labute approximate surface area is 149 Å². The highest BCUT2D eigenvalue weighted by molar-refractivity contribution is 7.93. The van der Waals surface area contributed by atoms with Crippen LogP contribution in [0.2, 0.25) is 0 Å². The number of rotatable bonds is 8. The Kier molecular flexibility index (Phi) is 5.36. The van der Waals surface area contributed by atoms with Gasteiger partial charge in [0.2, 0.25) is 10.0 Å². The molecule has 0 bridgehead atoms. The second kappa shape index (κ2) is 7.51. The van der Waals surface area contributed by atoms with E-state index in [1.165, 1.54) is 0 Å². The molecule has 7 heteroatoms. The van der Waals surface area contributed by atoms with Crippen LogP contribution in [0.5, 0.6) is 0 Å². The summed E-state index contributed by atoms with van der Waals surface area (Å²) in [7, 11) is -1.23. The molecule has 0 unspecified atom stereocenters. The standard InChI is InChI=1S/C18H24N4O2S/c1-22(8-7-19)13-14-9-16(12-20-11-14)15-3-2-4-17(10-15)21-25(23,24)18-5-6-18/h2-4,9-12,18,21H,5-8,13,19H2,1H3. The van der Waals surface area contributed by atoms with Gasteiger partial charge in [0.05, 0.1) is 5.25 Å². The Hall–Kier alpha value is -1.96. The maximum atomic E-state index is 12.1. The second-order valence-electron chi connectivity index (χ2n) is 6.54. The van der Waals surface area contributed by atoms with Crippen molar-refractivity contribution in [1.82, 2.24) is 9.88 Å². The summed E-state index contributed by atoms with van der Waals surface area (Å²) < 4.78 is 26.9. The lowest BCUT2D eigenvalue weighted by Crippen LogP contribution is -2.25. The van der Waals surface area contributed by atoms with Crippen molar-refractivity contribution in [3.8, 4) is 11.1 Å². The Morgan fingerprint density at radius 1 is 1.24 bits per heavy atom. The van der Waals surface area contributed by atoms with E-state index in [9.17, 15) is 8.42 Å². The van der Waals surface area contributed by atoms with Crippen molar-refractivity contribution in [2.24, 2.45) is 5.73 Å². The monoisotopic (exact) mass is 360 g/mol. The predicted octanol–water partition coefficient (Wildman–Crippen LogP) is 2.04. The first-order valence-electron chi connectivity index (χ1n) is 8.42. The van der Waals surface area contributed by atoms with Crippen molar-refractivity contribution in [3.05, 3.63) is 48.3 Å². The van der Waals surface area contributed by atoms with Crippen LogP contribution in [0.3, 0.4) is 0 Å². The highest BCUT2D eigenvalue weighted by Crippen LogP contribution is 2.30. The van der Waals surface area contributed by atoms with Crippen molar-refractivity contribution in [3.63, 3.8) is 0 Å². The Morgan fingerprint density at radius 2 is 2.04 bits per heavy atom. The van der Waals surface area contributed by atoms with Crippen LogP contribution in [-0.2, 0) is 16.6 Å². The van der Waals surface area contributed by atoms with E-state index >= 15 is 0 Å². The van der Waals surface area contributed by atoms with Crippen LogP contribution < -0.4 is 10.5 Å². The molecule has 1 aliphatic carbocycles. The minimum absolute atomic E-state index is 0.237. The molecule has 2 aromatic rings. The molecule has 0 saturated heterocycles. The third-order valence-electron chi connectivity index (χ3n) is 4.18. The minimum Gasteiger partial charge on any atom is -0.329 e. The maximum Gasteiger partial charge on any atom is 0.235 e. The van der Waals surface area contributed by atoms with Gasteiger partial charge < -0.3 is 10.6 Å². The van der Waals surface area contributed by atoms with Crippen LogP contribution in [0.15, 0.2) is 42.7 Å². The zero-order valence-corrected chi connectivity index (χ0v) is 15.2. The highest BCUT2D eigenvalue weighted by Gasteiger charge is 2.35. The van der Waals surface area contributed by atoms with Gasteiger partial charge in [-0.05, 0) is 49.2 Å². The Balaban J connectivity index is 1.78. The molecule has 0 aliphatic heterocycles. The van der Waals surface area contributed by atoms with E-state index in [2.05, 4.69) is 20.7 Å². The molecular formula is C18H24N4O2S. The van der Waals surface area contributed by atoms with E-state index in [-0.39, 0.29) is 5.25 Å². The number of likely N-dealkylation sites (N-methyl/N-ethyl adjacent to an activating group) is 1. The number of sulfonamides is 1. The number of hydrogen-bond acceptors (Lipinski definition) is 5. The number of benzene rings is 1. The molecule has 1 aliphatic rings. The number of pyridine rings is 1. The van der Waals surface area contributed by atoms with Gasteiger partial charge in [0.25, 0.3) is 0 Å². The summed E-state index contributed by atoms with van der Waals surface area (Å²) in [6.45, 7) is 2.21. The van der Waals surface area contributed by atoms with Crippen LogP contribution >= 0.6 is 0 Å². The van der Waals surface area contributed by atoms with Gasteiger partial charge in [0.15, 0.2) is 0 Å². The SMILES string of the molecule is CN(CCN)Cc1cncc(-c2cccc(NS(=O)(=O)C3CC3)c2)c1. The Morgan fingerprint density at radius 3 is 2.76 bits per heavy atom. The molecule has 1 aromatic carbocycles. The third kappa shape index (κ3) is 4.78. The van der Waals surface area contributed by atoms with Gasteiger partial charge in [-0.2, -0.15) is 0 Å². The summed E-state index contributed by atoms with van der Waals surface area (Å²) in [6, 6.07) is 9.52. The average Bonchev–Trinajstić information content (AvgIpc) is 3.41. The van der Waals surface area contributed by atoms with E-state index in [1.54, 1.807) is 12.3 Å². The van der Waals surface area contributed by atoms with E-state index in [0.717, 1.165) is 42.6 Å². The lowest BCUT2D eigenvalue weighted by atomic mass is 10.1. The normalized spacial score (nSPS) is 14.7. The fourth-order valence-electron chi connectivity index (χ4n) is 2.73. The molecule has 3 rings (SSSR count). The zero-order chi connectivity index (χ0) is 17.9. The molecule has 6 nitrogen and oxygen atoms in total. The molecule has 1 fully saturated rings. The molecule has 0 radical (unpaired) electrons. The van der Waals surface area contributed by atoms with Crippen molar-refractivity contribution < 1.29 is 8.42 Å². The molecule has 0 amide bonds. The van der Waals surface area contributed by atoms with Crippen molar-refractivity contribution in [1.29, 1.82) is 0 Å². The second-order valence-corrected chi connectivity index (χ2v) is 8.50. The number of aromatic nitrogens is 1. The predicted molar refractivity (Wildman–Crippen MR) is 101 cm³/mol. The van der Waals surface area contributed by atoms with Crippen molar-refractivity contribution >= 4 is 15.7 Å². The first kappa shape index (κ1) is 17.8. The molecule has 0 atom stereocenters. The van der Waals surface area contributed by atoms with Crippen LogP contribution in [0.1, 0.15) is 18.4 Å². The van der Waals surface area contributed by atoms with Gasteiger partial charge in [-0.15, -0.1) is 0 Å². The summed E-state index contributed by atoms with van der Waals surface area (Å²) >= 11 is 0. The largest absolute Gasteiger partial charge is 0.329 e. The lowest BCUT2D eigenvalue weighted by molar-refractivity contribution is 0.336. The zero-order valence-electron chi connectivity index (χ0n) is 14.4. The van der Waals surface area contributed by atoms with Crippen molar-refractivity contribution in [2.45, 2.75) is 24.6 Å². The van der Waals surface area contributed by atoms with Crippen molar-refractivity contribution in [2.75, 3.05) is 24.9 Å². The van der Waals surface area contributed by atoms with Gasteiger partial charge in [0.1, 0.15) is 0 Å². The van der Waals surface area contributed by atoms with Gasteiger partial charge in [-0.3, -0.25) is 9.71 Å². The highest BCUT2D eigenvalue weighted by atomic mass is 32.2. The number of nitrogens with two attached hydrogens (primary N) is 1. The number of anilines is 1. The van der Waals surface area contributed by atoms with Gasteiger partial charge in [-0.25, -0.2) is 8.42 Å². The molecule has 1 saturated carbocycles. The number of nitrogens with one attached hydrogen (secondary N) is 1. The van der Waals surface area contributed by atoms with Crippen LogP contribution in [-0.4, -0.2) is 43.7 Å². The summed E-state index contributed by atoms with van der Waals surface area (Å²) in [5.74, 6) is 0. The van der Waals surface area contributed by atoms with Crippen LogP contribution in [0, 0.1) is 0 Å². The maximum absolute atomic E-state index is 12.1. The summed E-state index contributed by atoms with van der Waals surface area (Å²) in [5.41, 5.74) is 9.17.